The molecule has 1 rings (SSSR count). The third-order valence-corrected chi connectivity index (χ3v) is 2.19. The van der Waals surface area contributed by atoms with E-state index in [1.54, 1.807) is 6.08 Å². The Bertz CT molecular complexity index is 374. The van der Waals surface area contributed by atoms with Gasteiger partial charge in [-0.25, -0.2) is 4.79 Å². The average molecular weight is 235 g/mol. The fourth-order valence-corrected chi connectivity index (χ4v) is 1.37. The number of benzene rings is 1. The van der Waals surface area contributed by atoms with Crippen molar-refractivity contribution >= 4 is 12.0 Å². The number of aliphatic hydroxyl groups excluding tert-OH is 1. The Morgan fingerprint density at radius 3 is 2.71 bits per heavy atom. The number of ether oxygens (including phenoxy) is 1. The number of esters is 1. The van der Waals surface area contributed by atoms with Crippen LogP contribution in [0.15, 0.2) is 35.9 Å². The van der Waals surface area contributed by atoms with Gasteiger partial charge < -0.3 is 15.2 Å². The van der Waals surface area contributed by atoms with Crippen molar-refractivity contribution in [1.82, 2.24) is 5.32 Å². The molecule has 0 unspecified atom stereocenters. The second-order valence-electron chi connectivity index (χ2n) is 3.47. The molecule has 0 fully saturated rings. The van der Waals surface area contributed by atoms with Crippen molar-refractivity contribution in [3.8, 4) is 0 Å². The molecule has 0 saturated heterocycles. The fraction of sp³-hybridized carbons (Fsp3) is 0.308. The SMILES string of the molecule is COC(=O)/C(=C\c1ccccc1)CNCCO. The Morgan fingerprint density at radius 1 is 1.41 bits per heavy atom. The molecule has 0 aliphatic heterocycles. The quantitative estimate of drug-likeness (QED) is 0.435. The first-order valence-electron chi connectivity index (χ1n) is 5.43. The molecule has 0 radical (unpaired) electrons. The normalized spacial score (nSPS) is 11.3. The van der Waals surface area contributed by atoms with Gasteiger partial charge in [0.2, 0.25) is 0 Å². The van der Waals surface area contributed by atoms with E-state index in [0.717, 1.165) is 5.56 Å². The summed E-state index contributed by atoms with van der Waals surface area (Å²) in [5, 5.41) is 11.6. The third-order valence-electron chi connectivity index (χ3n) is 2.19. The van der Waals surface area contributed by atoms with Gasteiger partial charge in [-0.05, 0) is 11.6 Å². The highest BCUT2D eigenvalue weighted by atomic mass is 16.5. The van der Waals surface area contributed by atoms with Gasteiger partial charge in [-0.15, -0.1) is 0 Å². The van der Waals surface area contributed by atoms with Gasteiger partial charge in [0.05, 0.1) is 19.3 Å². The largest absolute Gasteiger partial charge is 0.466 e. The Hall–Kier alpha value is -1.65. The number of hydrogen-bond donors (Lipinski definition) is 2. The smallest absolute Gasteiger partial charge is 0.335 e. The molecule has 17 heavy (non-hydrogen) atoms. The molecular weight excluding hydrogens is 218 g/mol. The van der Waals surface area contributed by atoms with Crippen LogP contribution in [0.25, 0.3) is 6.08 Å². The molecular formula is C13H17NO3. The molecule has 2 N–H and O–H groups in total. The van der Waals surface area contributed by atoms with Gasteiger partial charge in [0.25, 0.3) is 0 Å². The highest BCUT2D eigenvalue weighted by Crippen LogP contribution is 2.07. The van der Waals surface area contributed by atoms with Crippen molar-refractivity contribution in [2.75, 3.05) is 26.8 Å². The number of nitrogens with one attached hydrogen (secondary N) is 1. The van der Waals surface area contributed by atoms with Gasteiger partial charge in [-0.2, -0.15) is 0 Å². The molecule has 92 valence electrons. The summed E-state index contributed by atoms with van der Waals surface area (Å²) in [7, 11) is 1.35. The molecule has 1 aromatic rings. The number of carbonyl (C=O) groups is 1. The zero-order valence-electron chi connectivity index (χ0n) is 9.85. The molecule has 0 aliphatic rings. The first-order valence-corrected chi connectivity index (χ1v) is 5.43. The molecule has 0 aliphatic carbocycles. The van der Waals surface area contributed by atoms with E-state index in [-0.39, 0.29) is 12.6 Å². The summed E-state index contributed by atoms with van der Waals surface area (Å²) in [6, 6.07) is 9.55. The van der Waals surface area contributed by atoms with Gasteiger partial charge >= 0.3 is 5.97 Å². The summed E-state index contributed by atoms with van der Waals surface area (Å²) >= 11 is 0. The van der Waals surface area contributed by atoms with Crippen LogP contribution in [0.5, 0.6) is 0 Å². The monoisotopic (exact) mass is 235 g/mol. The lowest BCUT2D eigenvalue weighted by Crippen LogP contribution is -2.24. The minimum Gasteiger partial charge on any atom is -0.466 e. The zero-order valence-corrected chi connectivity index (χ0v) is 9.85. The van der Waals surface area contributed by atoms with Crippen molar-refractivity contribution < 1.29 is 14.6 Å². The van der Waals surface area contributed by atoms with Gasteiger partial charge in [-0.3, -0.25) is 0 Å². The van der Waals surface area contributed by atoms with Gasteiger partial charge in [0.1, 0.15) is 0 Å². The van der Waals surface area contributed by atoms with E-state index in [1.807, 2.05) is 30.3 Å². The minimum absolute atomic E-state index is 0.0415. The molecule has 0 amide bonds. The van der Waals surface area contributed by atoms with Crippen molar-refractivity contribution in [2.24, 2.45) is 0 Å². The molecule has 0 atom stereocenters. The summed E-state index contributed by atoms with van der Waals surface area (Å²) < 4.78 is 4.71. The Balaban J connectivity index is 2.75. The van der Waals surface area contributed by atoms with Crippen LogP contribution in [-0.4, -0.2) is 37.9 Å². The van der Waals surface area contributed by atoms with E-state index in [2.05, 4.69) is 5.32 Å². The topological polar surface area (TPSA) is 58.6 Å². The summed E-state index contributed by atoms with van der Waals surface area (Å²) in [6.45, 7) is 0.866. The molecule has 4 nitrogen and oxygen atoms in total. The lowest BCUT2D eigenvalue weighted by atomic mass is 10.1. The molecule has 0 saturated carbocycles. The molecule has 4 heteroatoms. The van der Waals surface area contributed by atoms with E-state index in [4.69, 9.17) is 9.84 Å². The highest BCUT2D eigenvalue weighted by Gasteiger charge is 2.08. The summed E-state index contributed by atoms with van der Waals surface area (Å²) in [6.07, 6.45) is 1.77. The number of methoxy groups -OCH3 is 1. The molecule has 1 aromatic carbocycles. The maximum absolute atomic E-state index is 11.5. The average Bonchev–Trinajstić information content (AvgIpc) is 2.38. The number of hydrogen-bond acceptors (Lipinski definition) is 4. The molecule has 0 aromatic heterocycles. The predicted octanol–water partition coefficient (Wildman–Crippen LogP) is 0.825. The Labute approximate surface area is 101 Å². The Morgan fingerprint density at radius 2 is 2.12 bits per heavy atom. The molecule has 0 bridgehead atoms. The van der Waals surface area contributed by atoms with Crippen LogP contribution in [-0.2, 0) is 9.53 Å². The second kappa shape index (κ2) is 7.60. The minimum atomic E-state index is -0.362. The van der Waals surface area contributed by atoms with E-state index in [9.17, 15) is 4.79 Å². The van der Waals surface area contributed by atoms with E-state index in [0.29, 0.717) is 18.7 Å². The van der Waals surface area contributed by atoms with Crippen molar-refractivity contribution in [3.63, 3.8) is 0 Å². The summed E-state index contributed by atoms with van der Waals surface area (Å²) in [4.78, 5) is 11.5. The van der Waals surface area contributed by atoms with Crippen molar-refractivity contribution in [1.29, 1.82) is 0 Å². The van der Waals surface area contributed by atoms with Crippen LogP contribution < -0.4 is 5.32 Å². The molecule has 0 heterocycles. The van der Waals surface area contributed by atoms with Crippen molar-refractivity contribution in [2.45, 2.75) is 0 Å². The first-order chi connectivity index (χ1) is 8.27. The van der Waals surface area contributed by atoms with Gasteiger partial charge in [0.15, 0.2) is 0 Å². The number of aliphatic hydroxyl groups is 1. The molecule has 0 spiro atoms. The maximum Gasteiger partial charge on any atom is 0.335 e. The fourth-order valence-electron chi connectivity index (χ4n) is 1.37. The lowest BCUT2D eigenvalue weighted by molar-refractivity contribution is -0.136. The van der Waals surface area contributed by atoms with Crippen LogP contribution in [0.3, 0.4) is 0 Å². The van der Waals surface area contributed by atoms with Crippen LogP contribution >= 0.6 is 0 Å². The summed E-state index contributed by atoms with van der Waals surface area (Å²) in [5.41, 5.74) is 1.48. The zero-order chi connectivity index (χ0) is 12.5. The van der Waals surface area contributed by atoms with Crippen LogP contribution in [0.2, 0.25) is 0 Å². The predicted molar refractivity (Wildman–Crippen MR) is 66.4 cm³/mol. The van der Waals surface area contributed by atoms with Crippen LogP contribution in [0, 0.1) is 0 Å². The lowest BCUT2D eigenvalue weighted by Gasteiger charge is -2.06. The van der Waals surface area contributed by atoms with Crippen LogP contribution in [0.1, 0.15) is 5.56 Å². The number of carbonyl (C=O) groups excluding carboxylic acids is 1. The second-order valence-corrected chi connectivity index (χ2v) is 3.47. The first kappa shape index (κ1) is 13.4. The summed E-state index contributed by atoms with van der Waals surface area (Å²) in [5.74, 6) is -0.362. The van der Waals surface area contributed by atoms with E-state index < -0.39 is 0 Å². The number of rotatable bonds is 6. The van der Waals surface area contributed by atoms with E-state index in [1.165, 1.54) is 7.11 Å². The highest BCUT2D eigenvalue weighted by molar-refractivity contribution is 5.94. The Kier molecular flexibility index (Phi) is 5.99. The third kappa shape index (κ3) is 4.80. The van der Waals surface area contributed by atoms with E-state index >= 15 is 0 Å². The van der Waals surface area contributed by atoms with Gasteiger partial charge in [0, 0.05) is 13.1 Å². The maximum atomic E-state index is 11.5. The van der Waals surface area contributed by atoms with Gasteiger partial charge in [-0.1, -0.05) is 30.3 Å². The standard InChI is InChI=1S/C13H17NO3/c1-17-13(16)12(10-14-7-8-15)9-11-5-3-2-4-6-11/h2-6,9,14-15H,7-8,10H2,1H3/b12-9-. The van der Waals surface area contributed by atoms with Crippen LogP contribution in [0.4, 0.5) is 0 Å². The van der Waals surface area contributed by atoms with Crippen molar-refractivity contribution in [3.05, 3.63) is 41.5 Å².